The number of rotatable bonds is 13. The molecule has 56 heavy (non-hydrogen) atoms. The number of hydrogen-bond acceptors (Lipinski definition) is 10. The zero-order chi connectivity index (χ0) is 40.2. The van der Waals surface area contributed by atoms with E-state index >= 15 is 4.39 Å². The Kier molecular flexibility index (Phi) is 10.7. The molecule has 1 saturated heterocycles. The molecule has 13 nitrogen and oxygen atoms in total. The smallest absolute Gasteiger partial charge is 0.266 e. The number of piperidine rings is 1. The second kappa shape index (κ2) is 15.1. The topological polar surface area (TPSA) is 196 Å². The normalized spacial score (nSPS) is 34.6. The van der Waals surface area contributed by atoms with Crippen LogP contribution in [0.5, 0.6) is 5.75 Å². The first kappa shape index (κ1) is 39.7. The number of benzene rings is 1. The van der Waals surface area contributed by atoms with Gasteiger partial charge in [-0.3, -0.25) is 43.8 Å². The third kappa shape index (κ3) is 6.42. The first-order chi connectivity index (χ1) is 26.6. The third-order valence-electron chi connectivity index (χ3n) is 13.7. The molecule has 2 aliphatic heterocycles. The molecule has 0 aromatic heterocycles. The van der Waals surface area contributed by atoms with E-state index in [1.54, 1.807) is 13.0 Å². The van der Waals surface area contributed by atoms with Crippen LogP contribution >= 0.6 is 0 Å². The summed E-state index contributed by atoms with van der Waals surface area (Å²) in [7, 11) is 0. The number of halogens is 1. The number of aliphatic hydroxyl groups excluding tert-OH is 1. The summed E-state index contributed by atoms with van der Waals surface area (Å²) >= 11 is 0. The number of ether oxygens (including phenoxy) is 1. The maximum atomic E-state index is 17.3. The van der Waals surface area contributed by atoms with E-state index in [9.17, 15) is 43.8 Å². The van der Waals surface area contributed by atoms with E-state index in [4.69, 9.17) is 4.74 Å². The van der Waals surface area contributed by atoms with Gasteiger partial charge in [0.15, 0.2) is 17.2 Å². The van der Waals surface area contributed by atoms with E-state index in [-0.39, 0.29) is 66.7 Å². The fourth-order valence-corrected chi connectivity index (χ4v) is 10.7. The molecule has 0 bridgehead atoms. The van der Waals surface area contributed by atoms with Crippen molar-refractivity contribution in [2.45, 2.75) is 114 Å². The number of alkyl halides is 1. The zero-order valence-corrected chi connectivity index (χ0v) is 31.8. The Morgan fingerprint density at radius 3 is 2.52 bits per heavy atom. The predicted octanol–water partition coefficient (Wildman–Crippen LogP) is 3.45. The van der Waals surface area contributed by atoms with Crippen LogP contribution in [0.1, 0.15) is 112 Å². The molecule has 14 heteroatoms. The number of hydrogen-bond donors (Lipinski definition) is 4. The molecule has 0 spiro atoms. The van der Waals surface area contributed by atoms with Crippen LogP contribution in [0.25, 0.3) is 0 Å². The molecule has 2 unspecified atom stereocenters. The van der Waals surface area contributed by atoms with Crippen LogP contribution in [0.15, 0.2) is 42.0 Å². The van der Waals surface area contributed by atoms with Crippen molar-refractivity contribution in [3.05, 3.63) is 53.1 Å². The minimum atomic E-state index is -2.01. The van der Waals surface area contributed by atoms with E-state index in [1.807, 2.05) is 6.92 Å². The lowest BCUT2D eigenvalue weighted by Gasteiger charge is -2.59. The Hall–Kier alpha value is -4.56. The summed E-state index contributed by atoms with van der Waals surface area (Å²) in [6, 6.07) is 3.37. The first-order valence-electron chi connectivity index (χ1n) is 19.9. The van der Waals surface area contributed by atoms with Crippen molar-refractivity contribution in [1.82, 2.24) is 15.5 Å². The highest BCUT2D eigenvalue weighted by atomic mass is 19.1. The molecule has 0 radical (unpaired) electrons. The summed E-state index contributed by atoms with van der Waals surface area (Å²) in [5.74, 6) is -5.22. The Bertz CT molecular complexity index is 1930. The fraction of sp³-hybridized carbons (Fsp3) is 0.595. The van der Waals surface area contributed by atoms with E-state index in [0.29, 0.717) is 44.2 Å². The van der Waals surface area contributed by atoms with Gasteiger partial charge < -0.3 is 20.3 Å². The van der Waals surface area contributed by atoms with Crippen molar-refractivity contribution in [2.75, 3.05) is 13.2 Å². The number of allylic oxidation sites excluding steroid dienone is 4. The van der Waals surface area contributed by atoms with Gasteiger partial charge in [-0.25, -0.2) is 4.39 Å². The van der Waals surface area contributed by atoms with E-state index in [2.05, 4.69) is 10.6 Å². The first-order valence-corrected chi connectivity index (χ1v) is 19.9. The summed E-state index contributed by atoms with van der Waals surface area (Å²) in [5.41, 5.74) is -4.13. The van der Waals surface area contributed by atoms with Crippen molar-refractivity contribution in [3.63, 3.8) is 0 Å². The molecular weight excluding hydrogens is 725 g/mol. The van der Waals surface area contributed by atoms with Crippen molar-refractivity contribution >= 4 is 41.1 Å². The number of nitrogens with one attached hydrogen (secondary N) is 2. The number of amides is 5. The summed E-state index contributed by atoms with van der Waals surface area (Å²) in [5, 5.41) is 28.4. The van der Waals surface area contributed by atoms with Gasteiger partial charge in [-0.15, -0.1) is 0 Å². The summed E-state index contributed by atoms with van der Waals surface area (Å²) < 4.78 is 22.9. The van der Waals surface area contributed by atoms with Gasteiger partial charge in [0.1, 0.15) is 24.0 Å². The Balaban J connectivity index is 0.832. The van der Waals surface area contributed by atoms with Crippen LogP contribution < -0.4 is 15.4 Å². The number of imide groups is 2. The largest absolute Gasteiger partial charge is 0.485 e. The SMILES string of the molecule is C[C@@H]1C[C@@H]2C(C[C@H](O)[C@@]3(F)[C@H]2CCC2=CC(=O)C=C[C@@]23C)[C@@]1(O)C(=O)NCCCCCCCC(=O)COc1cccc2c1C(=O)N(C1CCC(=O)NC1=O)C2=O. The molecule has 4 aliphatic carbocycles. The quantitative estimate of drug-likeness (QED) is 0.170. The molecule has 300 valence electrons. The Labute approximate surface area is 324 Å². The van der Waals surface area contributed by atoms with Gasteiger partial charge in [-0.1, -0.05) is 43.9 Å². The van der Waals surface area contributed by atoms with Crippen LogP contribution in [-0.2, 0) is 24.0 Å². The Morgan fingerprint density at radius 1 is 1.00 bits per heavy atom. The van der Waals surface area contributed by atoms with Gasteiger partial charge in [0.2, 0.25) is 11.8 Å². The highest BCUT2D eigenvalue weighted by Gasteiger charge is 2.71. The molecule has 6 aliphatic rings. The molecule has 7 rings (SSSR count). The van der Waals surface area contributed by atoms with Gasteiger partial charge in [0, 0.05) is 36.6 Å². The minimum absolute atomic E-state index is 0.00380. The second-order valence-corrected chi connectivity index (χ2v) is 16.7. The molecule has 5 amide bonds. The predicted molar refractivity (Wildman–Crippen MR) is 198 cm³/mol. The second-order valence-electron chi connectivity index (χ2n) is 16.7. The molecule has 4 fully saturated rings. The van der Waals surface area contributed by atoms with Gasteiger partial charge in [0.05, 0.1) is 17.2 Å². The third-order valence-corrected chi connectivity index (χ3v) is 13.7. The highest BCUT2D eigenvalue weighted by Crippen LogP contribution is 2.66. The summed E-state index contributed by atoms with van der Waals surface area (Å²) in [6.45, 7) is 3.60. The van der Waals surface area contributed by atoms with E-state index in [0.717, 1.165) is 24.2 Å². The number of ketones is 2. The van der Waals surface area contributed by atoms with Gasteiger partial charge in [-0.05, 0) is 88.0 Å². The van der Waals surface area contributed by atoms with Crippen LogP contribution in [0.4, 0.5) is 4.39 Å². The van der Waals surface area contributed by atoms with Crippen LogP contribution in [0.2, 0.25) is 0 Å². The zero-order valence-electron chi connectivity index (χ0n) is 31.8. The van der Waals surface area contributed by atoms with Crippen molar-refractivity contribution < 1.29 is 52.9 Å². The molecule has 3 saturated carbocycles. The molecular formula is C42H50FN3O10. The molecule has 2 heterocycles. The highest BCUT2D eigenvalue weighted by molar-refractivity contribution is 6.24. The van der Waals surface area contributed by atoms with Gasteiger partial charge in [-0.2, -0.15) is 0 Å². The monoisotopic (exact) mass is 775 g/mol. The standard InChI is InChI=1S/C42H50FN3O10/c1-23-19-28-29-13-12-24-20-25(47)16-17-40(24,2)42(29,43)33(49)21-30(28)41(23,55)39(54)44-18-7-5-3-4-6-9-26(48)22-56-32-11-8-10-27-35(32)38(53)46(37(27)52)31-14-15-34(50)45-36(31)51/h8,10-11,16-17,20,23,28-31,33,49,55H,3-7,9,12-15,18-19,21-22H2,1-2H3,(H,44,54)(H,45,50,51)/t23-,28+,29+,30?,31?,33+,40+,41-,42+/m1/s1. The van der Waals surface area contributed by atoms with Crippen molar-refractivity contribution in [2.24, 2.45) is 29.1 Å². The number of aliphatic hydroxyl groups is 2. The number of nitrogens with zero attached hydrogens (tertiary/aromatic N) is 1. The number of fused-ring (bicyclic) bond motifs is 6. The number of Topliss-reactive ketones (excluding diaryl/α,β-unsaturated/α-hetero) is 1. The molecule has 1 aromatic carbocycles. The maximum absolute atomic E-state index is 17.3. The maximum Gasteiger partial charge on any atom is 0.266 e. The molecule has 9 atom stereocenters. The van der Waals surface area contributed by atoms with Crippen molar-refractivity contribution in [3.8, 4) is 5.75 Å². The average Bonchev–Trinajstić information content (AvgIpc) is 3.57. The molecule has 1 aromatic rings. The van der Waals surface area contributed by atoms with Crippen LogP contribution in [-0.4, -0.2) is 92.8 Å². The number of unbranched alkanes of at least 4 members (excludes halogenated alkanes) is 4. The molecule has 4 N–H and O–H groups in total. The number of carbonyl (C=O) groups excluding carboxylic acids is 7. The summed E-state index contributed by atoms with van der Waals surface area (Å²) in [6.07, 6.45) is 8.29. The van der Waals surface area contributed by atoms with Crippen LogP contribution in [0, 0.1) is 29.1 Å². The van der Waals surface area contributed by atoms with E-state index < -0.39 is 76.1 Å². The number of carbonyl (C=O) groups is 7. The fourth-order valence-electron chi connectivity index (χ4n) is 10.7. The summed E-state index contributed by atoms with van der Waals surface area (Å²) in [4.78, 5) is 89.4. The van der Waals surface area contributed by atoms with Crippen molar-refractivity contribution in [1.29, 1.82) is 0 Å². The minimum Gasteiger partial charge on any atom is -0.485 e. The lowest BCUT2D eigenvalue weighted by atomic mass is 9.48. The lowest BCUT2D eigenvalue weighted by molar-refractivity contribution is -0.191. The Morgan fingerprint density at radius 2 is 1.75 bits per heavy atom. The lowest BCUT2D eigenvalue weighted by Crippen LogP contribution is -2.66. The van der Waals surface area contributed by atoms with E-state index in [1.165, 1.54) is 30.4 Å². The van der Waals surface area contributed by atoms with Gasteiger partial charge in [0.25, 0.3) is 17.7 Å². The van der Waals surface area contributed by atoms with Gasteiger partial charge >= 0.3 is 0 Å². The van der Waals surface area contributed by atoms with Crippen LogP contribution in [0.3, 0.4) is 0 Å². The average molecular weight is 776 g/mol.